The summed E-state index contributed by atoms with van der Waals surface area (Å²) in [4.78, 5) is 0. The Morgan fingerprint density at radius 1 is 0.528 bits per heavy atom. The van der Waals surface area contributed by atoms with E-state index >= 15 is 0 Å². The Morgan fingerprint density at radius 2 is 1.00 bits per heavy atom. The molecule has 4 nitrogen and oxygen atoms in total. The topological polar surface area (TPSA) is 26.4 Å². The number of benzene rings is 4. The minimum atomic E-state index is -15.0. The van der Waals surface area contributed by atoms with Gasteiger partial charge in [0.15, 0.2) is 0 Å². The Hall–Kier alpha value is -5.14. The monoisotopic (exact) mass is 1070 g/mol. The molecule has 400 valence electrons. The van der Waals surface area contributed by atoms with Crippen molar-refractivity contribution in [1.29, 1.82) is 0 Å². The molecule has 0 bridgehead atoms. The van der Waals surface area contributed by atoms with Crippen molar-refractivity contribution < 1.29 is 92.5 Å². The molecule has 72 heavy (non-hydrogen) atoms. The van der Waals surface area contributed by atoms with Crippen LogP contribution in [0.15, 0.2) is 85.0 Å². The van der Waals surface area contributed by atoms with Crippen LogP contribution in [0.2, 0.25) is 0 Å². The first-order valence-electron chi connectivity index (χ1n) is 22.8. The van der Waals surface area contributed by atoms with E-state index in [-0.39, 0.29) is 0 Å². The van der Waals surface area contributed by atoms with E-state index < -0.39 is 42.4 Å². The summed E-state index contributed by atoms with van der Waals surface area (Å²) in [7, 11) is 0. The fourth-order valence-electron chi connectivity index (χ4n) is 8.23. The molecule has 2 heterocycles. The molecule has 0 radical (unpaired) electrons. The van der Waals surface area contributed by atoms with E-state index in [1.807, 2.05) is 0 Å². The van der Waals surface area contributed by atoms with E-state index in [1.54, 1.807) is 0 Å². The zero-order valence-electron chi connectivity index (χ0n) is 39.1. The number of ether oxygens (including phenoxy) is 2. The van der Waals surface area contributed by atoms with Crippen LogP contribution >= 0.6 is 6.88 Å². The van der Waals surface area contributed by atoms with Crippen LogP contribution in [0.1, 0.15) is 84.6 Å². The maximum atomic E-state index is 13.4. The van der Waals surface area contributed by atoms with Gasteiger partial charge in [-0.05, 0) is 49.6 Å². The Kier molecular flexibility index (Phi) is 16.3. The van der Waals surface area contributed by atoms with E-state index in [2.05, 4.69) is 128 Å². The van der Waals surface area contributed by atoms with Gasteiger partial charge in [-0.25, -0.2) is 0 Å². The summed E-state index contributed by atoms with van der Waals surface area (Å²) in [5.41, 5.74) is -24.1. The summed E-state index contributed by atoms with van der Waals surface area (Å²) in [6, 6.07) is 22.2. The Balaban J connectivity index is 0.000000328. The van der Waals surface area contributed by atoms with Crippen molar-refractivity contribution in [2.24, 2.45) is 0 Å². The summed E-state index contributed by atoms with van der Waals surface area (Å²) in [5.74, 6) is 1.98. The van der Waals surface area contributed by atoms with Gasteiger partial charge in [0.05, 0.1) is 24.2 Å². The Bertz CT molecular complexity index is 2820. The number of nitrogens with zero attached hydrogens (tertiary/aromatic N) is 2. The van der Waals surface area contributed by atoms with Gasteiger partial charge in [-0.1, -0.05) is 102 Å². The molecule has 5 aromatic rings. The molecule has 0 saturated carbocycles. The normalized spacial score (nSPS) is 15.6. The zero-order valence-corrected chi connectivity index (χ0v) is 40.0. The first-order valence-corrected chi connectivity index (χ1v) is 25.2. The Morgan fingerprint density at radius 3 is 1.50 bits per heavy atom. The van der Waals surface area contributed by atoms with Gasteiger partial charge in [0.1, 0.15) is 18.0 Å². The van der Waals surface area contributed by atoms with Crippen molar-refractivity contribution >= 4 is 56.8 Å². The van der Waals surface area contributed by atoms with Crippen LogP contribution in [-0.2, 0) is 6.54 Å². The summed E-state index contributed by atoms with van der Waals surface area (Å²) in [5, 5.41) is 7.60. The molecule has 0 N–H and O–H groups in total. The van der Waals surface area contributed by atoms with Crippen molar-refractivity contribution in [3.05, 3.63) is 95.9 Å². The number of unbranched alkanes of at least 4 members (excludes halogenated alkanes) is 4. The molecule has 23 heteroatoms. The number of allylic oxidation sites excluding steroid dienone is 4. The summed E-state index contributed by atoms with van der Waals surface area (Å²) < 4.78 is 240. The SMILES string of the molecule is CCCCOc1ccc2c3c(cccc13)C(/C=C/C=C/C=c1/c3cccc4c(OCCCC)ccc(c43)n1CCCC)=[N+]2CCCC.FC(F)(F)C(F)(F)[P-](F)(F)(F)(C(F)(F)C(F)(F)F)C(F)(F)C(F)(F)F. The molecule has 4 aromatic carbocycles. The second-order valence-electron chi connectivity index (χ2n) is 17.1. The van der Waals surface area contributed by atoms with Crippen LogP contribution in [0.25, 0.3) is 38.5 Å². The summed E-state index contributed by atoms with van der Waals surface area (Å²) >= 11 is 0. The molecule has 1 aromatic heterocycles. The predicted molar refractivity (Wildman–Crippen MR) is 244 cm³/mol. The fourth-order valence-corrected chi connectivity index (χ4v) is 10.9. The molecule has 0 unspecified atom stereocenters. The maximum absolute atomic E-state index is 15.0. The van der Waals surface area contributed by atoms with Crippen molar-refractivity contribution in [3.63, 3.8) is 0 Å². The zero-order chi connectivity index (χ0) is 54.0. The number of aromatic nitrogens is 1. The molecule has 6 rings (SSSR count). The molecule has 0 aliphatic carbocycles. The molecule has 0 amide bonds. The number of rotatable bonds is 20. The third-order valence-corrected chi connectivity index (χ3v) is 16.6. The van der Waals surface area contributed by atoms with Gasteiger partial charge in [-0.2, -0.15) is 4.58 Å². The van der Waals surface area contributed by atoms with E-state index in [1.165, 1.54) is 54.8 Å². The van der Waals surface area contributed by atoms with Crippen LogP contribution in [0.5, 0.6) is 11.5 Å². The molecule has 1 aliphatic heterocycles. The van der Waals surface area contributed by atoms with Gasteiger partial charge in [0.25, 0.3) is 0 Å². The second-order valence-corrected chi connectivity index (χ2v) is 21.4. The summed E-state index contributed by atoms with van der Waals surface area (Å²) in [6.07, 6.45) is -5.93. The van der Waals surface area contributed by atoms with Gasteiger partial charge in [-0.3, -0.25) is 0 Å². The molecular formula is C49H51F18N2O2P. The average Bonchev–Trinajstić information content (AvgIpc) is 3.77. The van der Waals surface area contributed by atoms with E-state index in [0.717, 1.165) is 89.2 Å². The van der Waals surface area contributed by atoms with Crippen molar-refractivity contribution in [1.82, 2.24) is 4.57 Å². The van der Waals surface area contributed by atoms with Gasteiger partial charge in [0, 0.05) is 57.5 Å². The number of alkyl halides is 15. The molecule has 0 atom stereocenters. The second kappa shape index (κ2) is 20.3. The third kappa shape index (κ3) is 9.06. The van der Waals surface area contributed by atoms with Gasteiger partial charge in [0.2, 0.25) is 11.4 Å². The average molecular weight is 1070 g/mol. The van der Waals surface area contributed by atoms with Crippen LogP contribution in [-0.4, -0.2) is 70.1 Å². The number of halogens is 18. The number of hydrogen-bond acceptors (Lipinski definition) is 2. The molecule has 0 saturated heterocycles. The Labute approximate surface area is 401 Å². The van der Waals surface area contributed by atoms with Crippen LogP contribution in [0.4, 0.5) is 84.1 Å². The van der Waals surface area contributed by atoms with Gasteiger partial charge < -0.3 is 14.0 Å². The molecule has 1 aliphatic rings. The number of hydrogen-bond donors (Lipinski definition) is 0. The third-order valence-electron chi connectivity index (χ3n) is 12.2. The van der Waals surface area contributed by atoms with Gasteiger partial charge >= 0.3 is 121 Å². The quantitative estimate of drug-likeness (QED) is 0.0255. The van der Waals surface area contributed by atoms with Gasteiger partial charge in [-0.15, -0.1) is 0 Å². The van der Waals surface area contributed by atoms with E-state index in [4.69, 9.17) is 9.47 Å². The standard InChI is InChI=1S/C43H51N2O2.C6F18P/c1-5-9-28-44-36(32-18-16-20-34-40(46-30-11-7-3)26-24-38(44)42(32)34)22-14-13-15-23-37-33-19-17-21-35-41(47-31-12-8-4)27-25-39(43(33)35)45(37)29-10-6-2;7-1(8,9)4(16,17)25(22,23,24,5(18,19)2(10,11)12)6(20,21)3(13,14)15/h13-27H,5-12,28-31H2,1-4H3;/q+1;-1. The molecule has 0 spiro atoms. The molecular weight excluding hydrogens is 1020 g/mol. The predicted octanol–water partition coefficient (Wildman–Crippen LogP) is 17.9. The van der Waals surface area contributed by atoms with E-state index in [0.29, 0.717) is 0 Å². The molecule has 0 fully saturated rings. The number of aryl methyl sites for hydroxylation is 1. The summed E-state index contributed by atoms with van der Waals surface area (Å²) in [6.45, 7) is -2.54. The van der Waals surface area contributed by atoms with Crippen LogP contribution in [0, 0.1) is 0 Å². The van der Waals surface area contributed by atoms with E-state index in [9.17, 15) is 78.4 Å². The minimum absolute atomic E-state index is 0.759. The fraction of sp³-hybridized carbons (Fsp3) is 0.449. The first kappa shape index (κ1) is 57.8. The van der Waals surface area contributed by atoms with Crippen molar-refractivity contribution in [3.8, 4) is 11.5 Å². The van der Waals surface area contributed by atoms with Crippen molar-refractivity contribution in [2.45, 2.75) is 121 Å². The van der Waals surface area contributed by atoms with Crippen molar-refractivity contribution in [2.75, 3.05) is 19.8 Å². The van der Waals surface area contributed by atoms with Crippen LogP contribution < -0.4 is 14.8 Å². The first-order chi connectivity index (χ1) is 33.3. The van der Waals surface area contributed by atoms with Crippen LogP contribution in [0.3, 0.4) is 0 Å².